The Morgan fingerprint density at radius 1 is 1.06 bits per heavy atom. The maximum absolute atomic E-state index is 12.8. The molecule has 1 amide bonds. The maximum atomic E-state index is 12.8. The number of hydrogen-bond donors (Lipinski definition) is 1. The fourth-order valence-corrected chi connectivity index (χ4v) is 5.58. The lowest BCUT2D eigenvalue weighted by atomic mass is 9.76. The summed E-state index contributed by atoms with van der Waals surface area (Å²) in [5.74, 6) is 3.34. The molecule has 0 spiro atoms. The van der Waals surface area contributed by atoms with Gasteiger partial charge in [0.2, 0.25) is 5.91 Å². The van der Waals surface area contributed by atoms with Crippen LogP contribution in [-0.4, -0.2) is 65.9 Å². The number of nitrogens with zero attached hydrogens (tertiary/aromatic N) is 1. The Morgan fingerprint density at radius 2 is 1.82 bits per heavy atom. The molecule has 2 unspecified atom stereocenters. The molecule has 2 aliphatic carbocycles. The van der Waals surface area contributed by atoms with E-state index in [1.165, 1.54) is 16.7 Å². The first-order valence-electron chi connectivity index (χ1n) is 11.7. The number of hydrogen-bond acceptors (Lipinski definition) is 6. The Labute approximate surface area is 196 Å². The summed E-state index contributed by atoms with van der Waals surface area (Å²) >= 11 is 0. The van der Waals surface area contributed by atoms with Crippen molar-refractivity contribution in [3.63, 3.8) is 0 Å². The van der Waals surface area contributed by atoms with Crippen LogP contribution in [0.4, 0.5) is 0 Å². The molecular weight excluding hydrogens is 420 g/mol. The molecular formula is C26H36N2O5. The van der Waals surface area contributed by atoms with Crippen LogP contribution in [0.5, 0.6) is 11.5 Å². The van der Waals surface area contributed by atoms with Crippen LogP contribution >= 0.6 is 0 Å². The van der Waals surface area contributed by atoms with Crippen LogP contribution in [0, 0.1) is 11.8 Å². The second kappa shape index (κ2) is 10.1. The van der Waals surface area contributed by atoms with E-state index in [2.05, 4.69) is 35.5 Å². The first-order valence-corrected chi connectivity index (χ1v) is 11.7. The standard InChI is InChI=1S/C26H36N2O5/c1-28(15-18-11-17-13-21(30-2)22(31-3)14-20(17)18)10-6-7-19-16-8-9-27-26(29)24(19)25(33-5)23(12-16)32-4/h12-14,18-19,24H,6-11,15H2,1-5H3,(H,27,29)/t18-,19?,24?/m1/s1. The van der Waals surface area contributed by atoms with Crippen LogP contribution in [0.2, 0.25) is 0 Å². The Kier molecular flexibility index (Phi) is 7.17. The van der Waals surface area contributed by atoms with Gasteiger partial charge in [-0.1, -0.05) is 5.57 Å². The van der Waals surface area contributed by atoms with Gasteiger partial charge in [0.25, 0.3) is 0 Å². The van der Waals surface area contributed by atoms with E-state index in [4.69, 9.17) is 18.9 Å². The van der Waals surface area contributed by atoms with Gasteiger partial charge in [-0.05, 0) is 74.5 Å². The van der Waals surface area contributed by atoms with Crippen molar-refractivity contribution in [2.24, 2.45) is 11.8 Å². The Bertz CT molecular complexity index is 954. The zero-order valence-electron chi connectivity index (χ0n) is 20.4. The van der Waals surface area contributed by atoms with Crippen molar-refractivity contribution in [1.29, 1.82) is 0 Å². The molecule has 33 heavy (non-hydrogen) atoms. The lowest BCUT2D eigenvalue weighted by molar-refractivity contribution is -0.126. The molecule has 1 aromatic rings. The van der Waals surface area contributed by atoms with Crippen molar-refractivity contribution >= 4 is 5.91 Å². The Balaban J connectivity index is 1.35. The zero-order valence-corrected chi connectivity index (χ0v) is 20.4. The van der Waals surface area contributed by atoms with Crippen LogP contribution < -0.4 is 14.8 Å². The maximum Gasteiger partial charge on any atom is 0.231 e. The summed E-state index contributed by atoms with van der Waals surface area (Å²) in [7, 11) is 8.80. The minimum absolute atomic E-state index is 0.0401. The van der Waals surface area contributed by atoms with Crippen molar-refractivity contribution in [3.8, 4) is 11.5 Å². The molecule has 1 fully saturated rings. The number of likely N-dealkylation sites (N-methyl/N-ethyl adjacent to an activating group) is 1. The lowest BCUT2D eigenvalue weighted by Gasteiger charge is -2.35. The van der Waals surface area contributed by atoms with Gasteiger partial charge in [0.15, 0.2) is 23.0 Å². The van der Waals surface area contributed by atoms with Crippen molar-refractivity contribution in [2.45, 2.75) is 31.6 Å². The molecule has 1 aliphatic heterocycles. The van der Waals surface area contributed by atoms with E-state index in [0.29, 0.717) is 24.0 Å². The van der Waals surface area contributed by atoms with Gasteiger partial charge >= 0.3 is 0 Å². The monoisotopic (exact) mass is 456 g/mol. The summed E-state index contributed by atoms with van der Waals surface area (Å²) in [6.07, 6.45) is 5.98. The number of nitrogens with one attached hydrogen (secondary N) is 1. The molecule has 2 bridgehead atoms. The normalized spacial score (nSPS) is 23.8. The van der Waals surface area contributed by atoms with Crippen molar-refractivity contribution in [3.05, 3.63) is 46.4 Å². The lowest BCUT2D eigenvalue weighted by Crippen LogP contribution is -2.36. The van der Waals surface area contributed by atoms with E-state index in [0.717, 1.165) is 50.3 Å². The molecule has 1 aromatic carbocycles. The molecule has 3 aliphatic rings. The van der Waals surface area contributed by atoms with Gasteiger partial charge in [0.1, 0.15) is 5.92 Å². The summed E-state index contributed by atoms with van der Waals surface area (Å²) < 4.78 is 22.1. The van der Waals surface area contributed by atoms with Gasteiger partial charge in [0.05, 0.1) is 28.4 Å². The zero-order chi connectivity index (χ0) is 23.5. The summed E-state index contributed by atoms with van der Waals surface area (Å²) in [6, 6.07) is 4.23. The van der Waals surface area contributed by atoms with Gasteiger partial charge in [-0.25, -0.2) is 0 Å². The first-order chi connectivity index (χ1) is 16.0. The summed E-state index contributed by atoms with van der Waals surface area (Å²) in [5, 5.41) is 3.04. The molecule has 7 nitrogen and oxygen atoms in total. The Morgan fingerprint density at radius 3 is 2.52 bits per heavy atom. The largest absolute Gasteiger partial charge is 0.496 e. The number of benzene rings is 1. The molecule has 7 heteroatoms. The van der Waals surface area contributed by atoms with E-state index < -0.39 is 0 Å². The second-order valence-corrected chi connectivity index (χ2v) is 9.19. The topological polar surface area (TPSA) is 69.3 Å². The first kappa shape index (κ1) is 23.5. The van der Waals surface area contributed by atoms with Crippen LogP contribution in [0.3, 0.4) is 0 Å². The smallest absolute Gasteiger partial charge is 0.231 e. The molecule has 180 valence electrons. The highest BCUT2D eigenvalue weighted by Gasteiger charge is 2.41. The third-order valence-corrected chi connectivity index (χ3v) is 7.29. The van der Waals surface area contributed by atoms with E-state index in [-0.39, 0.29) is 17.7 Å². The van der Waals surface area contributed by atoms with Gasteiger partial charge in [-0.3, -0.25) is 4.79 Å². The van der Waals surface area contributed by atoms with E-state index >= 15 is 0 Å². The third kappa shape index (κ3) is 4.56. The van der Waals surface area contributed by atoms with E-state index in [1.807, 2.05) is 0 Å². The molecule has 1 heterocycles. The molecule has 0 aromatic heterocycles. The van der Waals surface area contributed by atoms with Gasteiger partial charge < -0.3 is 29.2 Å². The minimum Gasteiger partial charge on any atom is -0.496 e. The SMILES string of the molecule is COC1=C(OC)C2C(=O)NCCC(=C1)C2CCCN(C)C[C@H]1Cc2cc(OC)c(OC)cc21. The number of carbonyl (C=O) groups is 1. The highest BCUT2D eigenvalue weighted by atomic mass is 16.5. The highest BCUT2D eigenvalue weighted by Crippen LogP contribution is 2.43. The van der Waals surface area contributed by atoms with E-state index in [1.54, 1.807) is 28.4 Å². The Hall–Kier alpha value is -2.67. The predicted octanol–water partition coefficient (Wildman–Crippen LogP) is 3.25. The number of methoxy groups -OCH3 is 4. The average Bonchev–Trinajstić information content (AvgIpc) is 2.91. The second-order valence-electron chi connectivity index (χ2n) is 9.19. The minimum atomic E-state index is -0.307. The van der Waals surface area contributed by atoms with Crippen LogP contribution in [0.1, 0.15) is 36.3 Å². The molecule has 1 saturated heterocycles. The molecule has 3 atom stereocenters. The fraction of sp³-hybridized carbons (Fsp3) is 0.577. The van der Waals surface area contributed by atoms with Crippen LogP contribution in [0.25, 0.3) is 0 Å². The van der Waals surface area contributed by atoms with E-state index in [9.17, 15) is 4.79 Å². The number of rotatable bonds is 10. The predicted molar refractivity (Wildman–Crippen MR) is 126 cm³/mol. The highest BCUT2D eigenvalue weighted by molar-refractivity contribution is 5.83. The quantitative estimate of drug-likeness (QED) is 0.583. The van der Waals surface area contributed by atoms with Crippen molar-refractivity contribution in [1.82, 2.24) is 10.2 Å². The van der Waals surface area contributed by atoms with Crippen molar-refractivity contribution < 1.29 is 23.7 Å². The molecule has 1 N–H and O–H groups in total. The fourth-order valence-electron chi connectivity index (χ4n) is 5.58. The number of amides is 1. The number of fused-ring (bicyclic) bond motifs is 3. The number of allylic oxidation sites excluding steroid dienone is 1. The number of ether oxygens (including phenoxy) is 4. The molecule has 0 saturated carbocycles. The van der Waals surface area contributed by atoms with Crippen LogP contribution in [-0.2, 0) is 20.7 Å². The van der Waals surface area contributed by atoms with Gasteiger partial charge in [0, 0.05) is 19.0 Å². The average molecular weight is 457 g/mol. The van der Waals surface area contributed by atoms with Crippen molar-refractivity contribution in [2.75, 3.05) is 55.1 Å². The van der Waals surface area contributed by atoms with Crippen LogP contribution in [0.15, 0.2) is 35.3 Å². The van der Waals surface area contributed by atoms with Gasteiger partial charge in [-0.15, -0.1) is 0 Å². The summed E-state index contributed by atoms with van der Waals surface area (Å²) in [5.41, 5.74) is 4.00. The molecule has 4 rings (SSSR count). The third-order valence-electron chi connectivity index (χ3n) is 7.29. The molecule has 0 radical (unpaired) electrons. The van der Waals surface area contributed by atoms with Gasteiger partial charge in [-0.2, -0.15) is 0 Å². The number of carbonyl (C=O) groups excluding carboxylic acids is 1. The summed E-state index contributed by atoms with van der Waals surface area (Å²) in [6.45, 7) is 2.66. The summed E-state index contributed by atoms with van der Waals surface area (Å²) in [4.78, 5) is 15.2.